The third-order valence-corrected chi connectivity index (χ3v) is 3.50. The molecular weight excluding hydrogens is 248 g/mol. The molecule has 0 aliphatic rings. The summed E-state index contributed by atoms with van der Waals surface area (Å²) in [5, 5.41) is 0. The standard InChI is InChI=1S/C18H20O2/c1-14-5-3-4-6-16(14)13-17(19)10-7-15-8-11-18(20-2)12-9-15/h3-6,8-9,11-12H,7,10,13H2,1-2H3. The first-order valence-electron chi connectivity index (χ1n) is 6.88. The van der Waals surface area contributed by atoms with Gasteiger partial charge in [0, 0.05) is 12.8 Å². The zero-order valence-corrected chi connectivity index (χ0v) is 12.1. The van der Waals surface area contributed by atoms with Gasteiger partial charge in [-0.3, -0.25) is 4.79 Å². The Morgan fingerprint density at radius 3 is 2.40 bits per heavy atom. The monoisotopic (exact) mass is 268 g/mol. The molecule has 2 aromatic rings. The molecule has 0 aliphatic carbocycles. The summed E-state index contributed by atoms with van der Waals surface area (Å²) in [5.74, 6) is 1.13. The molecule has 0 aromatic heterocycles. The summed E-state index contributed by atoms with van der Waals surface area (Å²) in [4.78, 5) is 12.0. The third kappa shape index (κ3) is 3.95. The molecule has 0 radical (unpaired) electrons. The third-order valence-electron chi connectivity index (χ3n) is 3.50. The van der Waals surface area contributed by atoms with Gasteiger partial charge in [-0.15, -0.1) is 0 Å². The van der Waals surface area contributed by atoms with E-state index >= 15 is 0 Å². The van der Waals surface area contributed by atoms with Crippen LogP contribution in [-0.4, -0.2) is 12.9 Å². The Bertz CT molecular complexity index is 570. The molecule has 0 N–H and O–H groups in total. The lowest BCUT2D eigenvalue weighted by Gasteiger charge is -2.06. The quantitative estimate of drug-likeness (QED) is 0.797. The van der Waals surface area contributed by atoms with Crippen LogP contribution in [0.15, 0.2) is 48.5 Å². The number of rotatable bonds is 6. The number of carbonyl (C=O) groups is 1. The van der Waals surface area contributed by atoms with Crippen molar-refractivity contribution in [2.24, 2.45) is 0 Å². The number of ketones is 1. The molecule has 2 nitrogen and oxygen atoms in total. The van der Waals surface area contributed by atoms with Gasteiger partial charge < -0.3 is 4.74 Å². The van der Waals surface area contributed by atoms with E-state index in [1.165, 1.54) is 11.1 Å². The van der Waals surface area contributed by atoms with Crippen LogP contribution in [0.3, 0.4) is 0 Å². The SMILES string of the molecule is COc1ccc(CCC(=O)Cc2ccccc2C)cc1. The molecular formula is C18H20O2. The number of carbonyl (C=O) groups excluding carboxylic acids is 1. The van der Waals surface area contributed by atoms with Gasteiger partial charge in [0.25, 0.3) is 0 Å². The van der Waals surface area contributed by atoms with Crippen molar-refractivity contribution in [3.8, 4) is 5.75 Å². The van der Waals surface area contributed by atoms with Gasteiger partial charge in [-0.2, -0.15) is 0 Å². The number of hydrogen-bond acceptors (Lipinski definition) is 2. The molecule has 20 heavy (non-hydrogen) atoms. The molecule has 2 aromatic carbocycles. The van der Waals surface area contributed by atoms with Gasteiger partial charge in [-0.1, -0.05) is 36.4 Å². The van der Waals surface area contributed by atoms with Crippen LogP contribution in [0.1, 0.15) is 23.1 Å². The lowest BCUT2D eigenvalue weighted by atomic mass is 9.99. The van der Waals surface area contributed by atoms with Crippen LogP contribution in [0.5, 0.6) is 5.75 Å². The number of aryl methyl sites for hydroxylation is 2. The predicted molar refractivity (Wildman–Crippen MR) is 81.2 cm³/mol. The number of Topliss-reactive ketones (excluding diaryl/α,β-unsaturated/α-hetero) is 1. The van der Waals surface area contributed by atoms with Crippen LogP contribution in [0, 0.1) is 6.92 Å². The Hall–Kier alpha value is -2.09. The molecule has 0 amide bonds. The summed E-state index contributed by atoms with van der Waals surface area (Å²) in [7, 11) is 1.65. The number of benzene rings is 2. The van der Waals surface area contributed by atoms with E-state index in [0.717, 1.165) is 17.7 Å². The van der Waals surface area contributed by atoms with E-state index in [-0.39, 0.29) is 5.78 Å². The topological polar surface area (TPSA) is 26.3 Å². The van der Waals surface area contributed by atoms with Crippen molar-refractivity contribution in [1.82, 2.24) is 0 Å². The highest BCUT2D eigenvalue weighted by molar-refractivity contribution is 5.81. The molecule has 2 rings (SSSR count). The van der Waals surface area contributed by atoms with Crippen molar-refractivity contribution in [1.29, 1.82) is 0 Å². The van der Waals surface area contributed by atoms with Crippen molar-refractivity contribution in [2.75, 3.05) is 7.11 Å². The van der Waals surface area contributed by atoms with E-state index in [0.29, 0.717) is 12.8 Å². The predicted octanol–water partition coefficient (Wildman–Crippen LogP) is 3.75. The van der Waals surface area contributed by atoms with Gasteiger partial charge in [-0.05, 0) is 42.2 Å². The maximum absolute atomic E-state index is 12.0. The Labute approximate surface area is 120 Å². The molecule has 0 bridgehead atoms. The fraction of sp³-hybridized carbons (Fsp3) is 0.278. The Morgan fingerprint density at radius 1 is 1.05 bits per heavy atom. The van der Waals surface area contributed by atoms with Crippen molar-refractivity contribution in [2.45, 2.75) is 26.2 Å². The van der Waals surface area contributed by atoms with Gasteiger partial charge in [0.2, 0.25) is 0 Å². The molecule has 0 fully saturated rings. The molecule has 104 valence electrons. The van der Waals surface area contributed by atoms with E-state index in [9.17, 15) is 4.79 Å². The van der Waals surface area contributed by atoms with Crippen molar-refractivity contribution in [3.05, 3.63) is 65.2 Å². The summed E-state index contributed by atoms with van der Waals surface area (Å²) in [6, 6.07) is 16.0. The minimum absolute atomic E-state index is 0.287. The maximum Gasteiger partial charge on any atom is 0.137 e. The van der Waals surface area contributed by atoms with Crippen LogP contribution in [0.25, 0.3) is 0 Å². The zero-order chi connectivity index (χ0) is 14.4. The maximum atomic E-state index is 12.0. The average molecular weight is 268 g/mol. The summed E-state index contributed by atoms with van der Waals surface area (Å²) in [5.41, 5.74) is 3.49. The smallest absolute Gasteiger partial charge is 0.137 e. The minimum Gasteiger partial charge on any atom is -0.497 e. The molecule has 0 saturated heterocycles. The fourth-order valence-electron chi connectivity index (χ4n) is 2.19. The molecule has 2 heteroatoms. The highest BCUT2D eigenvalue weighted by atomic mass is 16.5. The van der Waals surface area contributed by atoms with Crippen molar-refractivity contribution < 1.29 is 9.53 Å². The van der Waals surface area contributed by atoms with E-state index in [1.54, 1.807) is 7.11 Å². The van der Waals surface area contributed by atoms with E-state index in [1.807, 2.05) is 55.5 Å². The molecule has 0 heterocycles. The second-order valence-electron chi connectivity index (χ2n) is 4.99. The molecule has 0 aliphatic heterocycles. The van der Waals surface area contributed by atoms with Gasteiger partial charge in [0.1, 0.15) is 11.5 Å². The summed E-state index contributed by atoms with van der Waals surface area (Å²) >= 11 is 0. The zero-order valence-electron chi connectivity index (χ0n) is 12.1. The first kappa shape index (κ1) is 14.3. The molecule has 0 saturated carbocycles. The highest BCUT2D eigenvalue weighted by Crippen LogP contribution is 2.14. The highest BCUT2D eigenvalue weighted by Gasteiger charge is 2.06. The largest absolute Gasteiger partial charge is 0.497 e. The van der Waals surface area contributed by atoms with Crippen LogP contribution < -0.4 is 4.74 Å². The second kappa shape index (κ2) is 6.90. The Morgan fingerprint density at radius 2 is 1.75 bits per heavy atom. The first-order chi connectivity index (χ1) is 9.69. The van der Waals surface area contributed by atoms with E-state index in [2.05, 4.69) is 0 Å². The molecule has 0 unspecified atom stereocenters. The van der Waals surface area contributed by atoms with Crippen LogP contribution >= 0.6 is 0 Å². The van der Waals surface area contributed by atoms with Crippen molar-refractivity contribution >= 4 is 5.78 Å². The summed E-state index contributed by atoms with van der Waals surface area (Å²) in [6.07, 6.45) is 1.90. The average Bonchev–Trinajstić information content (AvgIpc) is 2.48. The van der Waals surface area contributed by atoms with Gasteiger partial charge in [0.05, 0.1) is 7.11 Å². The lowest BCUT2D eigenvalue weighted by Crippen LogP contribution is -2.05. The van der Waals surface area contributed by atoms with Crippen molar-refractivity contribution in [3.63, 3.8) is 0 Å². The Kier molecular flexibility index (Phi) is 4.94. The number of ether oxygens (including phenoxy) is 1. The van der Waals surface area contributed by atoms with Crippen LogP contribution in [0.4, 0.5) is 0 Å². The van der Waals surface area contributed by atoms with Crippen LogP contribution in [0.2, 0.25) is 0 Å². The minimum atomic E-state index is 0.287. The van der Waals surface area contributed by atoms with E-state index in [4.69, 9.17) is 4.74 Å². The number of methoxy groups -OCH3 is 1. The van der Waals surface area contributed by atoms with Gasteiger partial charge >= 0.3 is 0 Å². The Balaban J connectivity index is 1.87. The van der Waals surface area contributed by atoms with Gasteiger partial charge in [-0.25, -0.2) is 0 Å². The summed E-state index contributed by atoms with van der Waals surface area (Å²) in [6.45, 7) is 2.05. The number of hydrogen-bond donors (Lipinski definition) is 0. The lowest BCUT2D eigenvalue weighted by molar-refractivity contribution is -0.118. The molecule has 0 atom stereocenters. The molecule has 0 spiro atoms. The normalized spacial score (nSPS) is 10.3. The van der Waals surface area contributed by atoms with Crippen LogP contribution in [-0.2, 0) is 17.6 Å². The van der Waals surface area contributed by atoms with Gasteiger partial charge in [0.15, 0.2) is 0 Å². The first-order valence-corrected chi connectivity index (χ1v) is 6.88. The fourth-order valence-corrected chi connectivity index (χ4v) is 2.19. The van der Waals surface area contributed by atoms with E-state index < -0.39 is 0 Å². The second-order valence-corrected chi connectivity index (χ2v) is 4.99. The summed E-state index contributed by atoms with van der Waals surface area (Å²) < 4.78 is 5.12.